The number of rotatable bonds is 4. The number of hydrogen-bond acceptors (Lipinski definition) is 6. The fourth-order valence-electron chi connectivity index (χ4n) is 2.77. The molecular weight excluding hydrogens is 342 g/mol. The fraction of sp³-hybridized carbons (Fsp3) is 0.824. The summed E-state index contributed by atoms with van der Waals surface area (Å²) < 4.78 is 15.7. The zero-order valence-corrected chi connectivity index (χ0v) is 15.8. The van der Waals surface area contributed by atoms with E-state index in [0.29, 0.717) is 52.6 Å². The van der Waals surface area contributed by atoms with E-state index in [-0.39, 0.29) is 18.2 Å². The van der Waals surface area contributed by atoms with Gasteiger partial charge >= 0.3 is 6.09 Å². The Labute approximate surface area is 153 Å². The number of carbonyl (C=O) groups excluding carboxylic acids is 3. The van der Waals surface area contributed by atoms with Crippen molar-refractivity contribution in [3.05, 3.63) is 0 Å². The van der Waals surface area contributed by atoms with Crippen LogP contribution in [0.2, 0.25) is 0 Å². The lowest BCUT2D eigenvalue weighted by Gasteiger charge is -2.32. The summed E-state index contributed by atoms with van der Waals surface area (Å²) in [4.78, 5) is 40.8. The molecule has 3 amide bonds. The molecule has 2 saturated heterocycles. The van der Waals surface area contributed by atoms with Crippen LogP contribution in [-0.2, 0) is 23.8 Å². The van der Waals surface area contributed by atoms with E-state index in [4.69, 9.17) is 14.2 Å². The van der Waals surface area contributed by atoms with Crippen LogP contribution in [0.15, 0.2) is 0 Å². The zero-order valence-electron chi connectivity index (χ0n) is 15.8. The molecule has 1 N–H and O–H groups in total. The maximum atomic E-state index is 12.8. The summed E-state index contributed by atoms with van der Waals surface area (Å²) >= 11 is 0. The molecule has 2 heterocycles. The van der Waals surface area contributed by atoms with Gasteiger partial charge in [-0.2, -0.15) is 0 Å². The molecule has 2 aliphatic rings. The Morgan fingerprint density at radius 1 is 0.962 bits per heavy atom. The molecule has 0 spiro atoms. The molecule has 0 aliphatic carbocycles. The minimum atomic E-state index is -0.960. The van der Waals surface area contributed by atoms with Gasteiger partial charge in [0, 0.05) is 26.2 Å². The molecule has 2 fully saturated rings. The number of ether oxygens (including phenoxy) is 3. The van der Waals surface area contributed by atoms with Crippen LogP contribution in [0.4, 0.5) is 4.79 Å². The Kier molecular flexibility index (Phi) is 7.22. The minimum Gasteiger partial charge on any atom is -0.444 e. The summed E-state index contributed by atoms with van der Waals surface area (Å²) in [6.45, 7) is 8.94. The second-order valence-electron chi connectivity index (χ2n) is 7.33. The van der Waals surface area contributed by atoms with Crippen LogP contribution in [0.5, 0.6) is 0 Å². The van der Waals surface area contributed by atoms with E-state index < -0.39 is 17.7 Å². The van der Waals surface area contributed by atoms with Gasteiger partial charge in [-0.25, -0.2) is 4.79 Å². The van der Waals surface area contributed by atoms with Crippen molar-refractivity contribution in [3.8, 4) is 0 Å². The lowest BCUT2D eigenvalue weighted by molar-refractivity contribution is -0.143. The topological polar surface area (TPSA) is 97.4 Å². The van der Waals surface area contributed by atoms with Gasteiger partial charge in [-0.3, -0.25) is 9.59 Å². The molecule has 2 rings (SSSR count). The van der Waals surface area contributed by atoms with E-state index in [2.05, 4.69) is 5.32 Å². The Bertz CT molecular complexity index is 507. The number of alkyl carbamates (subject to hydrolysis) is 1. The first kappa shape index (κ1) is 20.4. The van der Waals surface area contributed by atoms with E-state index in [1.165, 1.54) is 0 Å². The molecule has 9 nitrogen and oxygen atoms in total. The van der Waals surface area contributed by atoms with Crippen LogP contribution in [0.1, 0.15) is 27.2 Å². The summed E-state index contributed by atoms with van der Waals surface area (Å²) in [6.07, 6.45) is -0.811. The third-order valence-corrected chi connectivity index (χ3v) is 4.05. The molecule has 0 aromatic rings. The van der Waals surface area contributed by atoms with Crippen LogP contribution in [0.3, 0.4) is 0 Å². The van der Waals surface area contributed by atoms with Gasteiger partial charge in [0.15, 0.2) is 0 Å². The number of nitrogens with zero attached hydrogens (tertiary/aromatic N) is 2. The Hall–Kier alpha value is -1.87. The predicted molar refractivity (Wildman–Crippen MR) is 92.6 cm³/mol. The van der Waals surface area contributed by atoms with E-state index in [1.54, 1.807) is 30.6 Å². The molecule has 0 aromatic carbocycles. The Balaban J connectivity index is 2.02. The standard InChI is InChI=1S/C17H29N3O6/c1-17(2,3)26-16(23)18-13(15(22)20-6-10-25-11-7-20)12-14(21)19-4-8-24-9-5-19/h13H,4-12H2,1-3H3,(H,18,23)/t13-/m1/s1. The summed E-state index contributed by atoms with van der Waals surface area (Å²) in [5.41, 5.74) is -0.690. The highest BCUT2D eigenvalue weighted by molar-refractivity contribution is 5.91. The number of hydrogen-bond donors (Lipinski definition) is 1. The van der Waals surface area contributed by atoms with Crippen molar-refractivity contribution < 1.29 is 28.6 Å². The summed E-state index contributed by atoms with van der Waals surface area (Å²) in [5, 5.41) is 2.57. The van der Waals surface area contributed by atoms with Gasteiger partial charge < -0.3 is 29.3 Å². The fourth-order valence-corrected chi connectivity index (χ4v) is 2.77. The molecule has 1 atom stereocenters. The van der Waals surface area contributed by atoms with Gasteiger partial charge in [-0.15, -0.1) is 0 Å². The van der Waals surface area contributed by atoms with Crippen LogP contribution >= 0.6 is 0 Å². The average molecular weight is 371 g/mol. The maximum absolute atomic E-state index is 12.8. The minimum absolute atomic E-state index is 0.102. The van der Waals surface area contributed by atoms with Crippen molar-refractivity contribution >= 4 is 17.9 Å². The lowest BCUT2D eigenvalue weighted by Crippen LogP contribution is -2.54. The highest BCUT2D eigenvalue weighted by Gasteiger charge is 2.32. The second-order valence-corrected chi connectivity index (χ2v) is 7.33. The number of amides is 3. The number of morpholine rings is 2. The summed E-state index contributed by atoms with van der Waals surface area (Å²) in [7, 11) is 0. The van der Waals surface area contributed by atoms with E-state index in [9.17, 15) is 14.4 Å². The number of nitrogens with one attached hydrogen (secondary N) is 1. The second kappa shape index (κ2) is 9.18. The monoisotopic (exact) mass is 371 g/mol. The highest BCUT2D eigenvalue weighted by atomic mass is 16.6. The summed E-state index contributed by atoms with van der Waals surface area (Å²) in [5.74, 6) is -0.475. The smallest absolute Gasteiger partial charge is 0.408 e. The van der Waals surface area contributed by atoms with Gasteiger partial charge in [0.2, 0.25) is 11.8 Å². The Morgan fingerprint density at radius 2 is 1.46 bits per heavy atom. The first-order chi connectivity index (χ1) is 12.3. The van der Waals surface area contributed by atoms with Crippen molar-refractivity contribution in [2.75, 3.05) is 52.6 Å². The normalized spacial score (nSPS) is 19.7. The molecule has 2 aliphatic heterocycles. The quantitative estimate of drug-likeness (QED) is 0.746. The van der Waals surface area contributed by atoms with E-state index in [1.807, 2.05) is 0 Å². The van der Waals surface area contributed by atoms with Crippen LogP contribution in [0.25, 0.3) is 0 Å². The van der Waals surface area contributed by atoms with Crippen LogP contribution < -0.4 is 5.32 Å². The van der Waals surface area contributed by atoms with Gasteiger partial charge in [-0.05, 0) is 20.8 Å². The highest BCUT2D eigenvalue weighted by Crippen LogP contribution is 2.11. The molecule has 0 unspecified atom stereocenters. The molecule has 0 radical (unpaired) electrons. The van der Waals surface area contributed by atoms with Crippen LogP contribution in [-0.4, -0.2) is 92.0 Å². The van der Waals surface area contributed by atoms with Gasteiger partial charge in [-0.1, -0.05) is 0 Å². The molecule has 148 valence electrons. The first-order valence-corrected chi connectivity index (χ1v) is 8.98. The molecule has 0 saturated carbocycles. The van der Waals surface area contributed by atoms with Crippen molar-refractivity contribution in [2.45, 2.75) is 38.8 Å². The van der Waals surface area contributed by atoms with Crippen molar-refractivity contribution in [2.24, 2.45) is 0 Å². The maximum Gasteiger partial charge on any atom is 0.408 e. The van der Waals surface area contributed by atoms with Crippen LogP contribution in [0, 0.1) is 0 Å². The SMILES string of the molecule is CC(C)(C)OC(=O)N[C@H](CC(=O)N1CCOCC1)C(=O)N1CCOCC1. The molecule has 26 heavy (non-hydrogen) atoms. The Morgan fingerprint density at radius 3 is 1.96 bits per heavy atom. The average Bonchev–Trinajstić information content (AvgIpc) is 2.60. The molecular formula is C17H29N3O6. The van der Waals surface area contributed by atoms with Gasteiger partial charge in [0.1, 0.15) is 11.6 Å². The first-order valence-electron chi connectivity index (χ1n) is 8.98. The summed E-state index contributed by atoms with van der Waals surface area (Å²) in [6, 6.07) is -0.960. The molecule has 9 heteroatoms. The van der Waals surface area contributed by atoms with Crippen molar-refractivity contribution in [3.63, 3.8) is 0 Å². The largest absolute Gasteiger partial charge is 0.444 e. The van der Waals surface area contributed by atoms with Crippen molar-refractivity contribution in [1.82, 2.24) is 15.1 Å². The molecule has 0 aromatic heterocycles. The van der Waals surface area contributed by atoms with Gasteiger partial charge in [0.25, 0.3) is 0 Å². The van der Waals surface area contributed by atoms with Crippen molar-refractivity contribution in [1.29, 1.82) is 0 Å². The zero-order chi connectivity index (χ0) is 19.2. The predicted octanol–water partition coefficient (Wildman–Crippen LogP) is -0.0126. The third kappa shape index (κ3) is 6.45. The van der Waals surface area contributed by atoms with E-state index >= 15 is 0 Å². The third-order valence-electron chi connectivity index (χ3n) is 4.05. The van der Waals surface area contributed by atoms with E-state index in [0.717, 1.165) is 0 Å². The number of carbonyl (C=O) groups is 3. The van der Waals surface area contributed by atoms with Gasteiger partial charge in [0.05, 0.1) is 32.8 Å². The molecule has 0 bridgehead atoms. The lowest BCUT2D eigenvalue weighted by atomic mass is 10.1.